The van der Waals surface area contributed by atoms with E-state index in [2.05, 4.69) is 0 Å². The van der Waals surface area contributed by atoms with Gasteiger partial charge in [0.25, 0.3) is 0 Å². The highest BCUT2D eigenvalue weighted by atomic mass is 16.4. The second-order valence-electron chi connectivity index (χ2n) is 2.63. The molecule has 0 aliphatic carbocycles. The smallest absolute Gasteiger partial charge is 0.320 e. The first-order chi connectivity index (χ1) is 5.70. The van der Waals surface area contributed by atoms with E-state index in [0.29, 0.717) is 6.42 Å². The van der Waals surface area contributed by atoms with Gasteiger partial charge in [-0.25, -0.2) is 0 Å². The Balaban J connectivity index is 2.58. The highest BCUT2D eigenvalue weighted by molar-refractivity contribution is 5.73. The zero-order chi connectivity index (χ0) is 8.97. The Morgan fingerprint density at radius 3 is 2.50 bits per heavy atom. The summed E-state index contributed by atoms with van der Waals surface area (Å²) >= 11 is 0. The summed E-state index contributed by atoms with van der Waals surface area (Å²) < 4.78 is 0. The van der Waals surface area contributed by atoms with Crippen LogP contribution in [0.1, 0.15) is 5.56 Å². The van der Waals surface area contributed by atoms with Crippen LogP contribution < -0.4 is 5.73 Å². The second kappa shape index (κ2) is 3.88. The van der Waals surface area contributed by atoms with E-state index in [4.69, 9.17) is 10.8 Å². The summed E-state index contributed by atoms with van der Waals surface area (Å²) in [7, 11) is 0. The van der Waals surface area contributed by atoms with Gasteiger partial charge in [0.05, 0.1) is 0 Å². The number of carboxylic acids is 1. The van der Waals surface area contributed by atoms with Gasteiger partial charge in [-0.1, -0.05) is 30.3 Å². The lowest BCUT2D eigenvalue weighted by molar-refractivity contribution is -0.138. The fraction of sp³-hybridized carbons (Fsp3) is 0.222. The van der Waals surface area contributed by atoms with Crippen LogP contribution in [0.25, 0.3) is 0 Å². The molecule has 12 heavy (non-hydrogen) atoms. The summed E-state index contributed by atoms with van der Waals surface area (Å²) in [6.07, 6.45) is 0.385. The average Bonchev–Trinajstić information content (AvgIpc) is 2.06. The monoisotopic (exact) mass is 164 g/mol. The Bertz CT molecular complexity index is 258. The number of carboxylic acid groups (broad SMARTS) is 1. The predicted octanol–water partition coefficient (Wildman–Crippen LogP) is 0.641. The Morgan fingerprint density at radius 2 is 2.00 bits per heavy atom. The first-order valence-electron chi connectivity index (χ1n) is 3.72. The molecule has 1 aromatic rings. The third-order valence-corrected chi connectivity index (χ3v) is 1.62. The van der Waals surface area contributed by atoms with Crippen molar-refractivity contribution in [1.29, 1.82) is 0 Å². The number of hydrogen-bond acceptors (Lipinski definition) is 2. The molecule has 3 heteroatoms. The third-order valence-electron chi connectivity index (χ3n) is 1.62. The number of aliphatic carboxylic acids is 1. The van der Waals surface area contributed by atoms with Gasteiger partial charge in [-0.15, -0.1) is 0 Å². The van der Waals surface area contributed by atoms with Crippen molar-refractivity contribution < 1.29 is 9.90 Å². The van der Waals surface area contributed by atoms with Crippen molar-refractivity contribution in [2.24, 2.45) is 5.73 Å². The lowest BCUT2D eigenvalue weighted by atomic mass is 9.71. The van der Waals surface area contributed by atoms with Gasteiger partial charge in [-0.2, -0.15) is 0 Å². The fourth-order valence-corrected chi connectivity index (χ4v) is 0.955. The van der Waals surface area contributed by atoms with Crippen LogP contribution in [0.2, 0.25) is 0 Å². The van der Waals surface area contributed by atoms with Crippen LogP contribution in [0.4, 0.5) is 0 Å². The second-order valence-corrected chi connectivity index (χ2v) is 2.63. The molecule has 0 spiro atoms. The van der Waals surface area contributed by atoms with Gasteiger partial charge >= 0.3 is 5.97 Å². The molecular weight excluding hydrogens is 153 g/mol. The van der Waals surface area contributed by atoms with Crippen molar-refractivity contribution >= 4 is 5.97 Å². The van der Waals surface area contributed by atoms with E-state index >= 15 is 0 Å². The van der Waals surface area contributed by atoms with Crippen molar-refractivity contribution in [2.75, 3.05) is 0 Å². The minimum absolute atomic E-state index is 0.385. The normalized spacial score (nSPS) is 12.4. The molecule has 0 unspecified atom stereocenters. The van der Waals surface area contributed by atoms with Crippen molar-refractivity contribution in [3.63, 3.8) is 0 Å². The van der Waals surface area contributed by atoms with Gasteiger partial charge in [0.2, 0.25) is 0 Å². The molecule has 1 atom stereocenters. The minimum Gasteiger partial charge on any atom is -0.480 e. The van der Waals surface area contributed by atoms with Crippen LogP contribution in [0.5, 0.6) is 0 Å². The number of benzene rings is 1. The molecule has 0 saturated heterocycles. The summed E-state index contributed by atoms with van der Waals surface area (Å²) in [4.78, 5) is 10.4. The summed E-state index contributed by atoms with van der Waals surface area (Å²) in [6, 6.07) is 8.54. The predicted molar refractivity (Wildman–Crippen MR) is 45.8 cm³/mol. The molecule has 0 aromatic heterocycles. The number of rotatable bonds is 3. The molecular formula is C9H11NO2. The highest BCUT2D eigenvalue weighted by Crippen LogP contribution is 2.01. The zero-order valence-corrected chi connectivity index (χ0v) is 6.60. The van der Waals surface area contributed by atoms with E-state index in [9.17, 15) is 4.79 Å². The first kappa shape index (κ1) is 8.74. The summed E-state index contributed by atoms with van der Waals surface area (Å²) in [5.74, 6) is -0.959. The topological polar surface area (TPSA) is 63.3 Å². The summed E-state index contributed by atoms with van der Waals surface area (Å²) in [5.41, 5.74) is 6.30. The van der Waals surface area contributed by atoms with Gasteiger partial charge in [0.1, 0.15) is 6.04 Å². The summed E-state index contributed by atoms with van der Waals surface area (Å²) in [6.45, 7) is 0. The molecule has 0 radical (unpaired) electrons. The Hall–Kier alpha value is -1.35. The van der Waals surface area contributed by atoms with E-state index in [-0.39, 0.29) is 0 Å². The van der Waals surface area contributed by atoms with Crippen LogP contribution in [-0.2, 0) is 11.2 Å². The maximum atomic E-state index is 10.4. The van der Waals surface area contributed by atoms with Crippen molar-refractivity contribution in [3.8, 4) is 0 Å². The van der Waals surface area contributed by atoms with E-state index in [1.54, 1.807) is 0 Å². The molecule has 0 bridgehead atoms. The lowest BCUT2D eigenvalue weighted by Gasteiger charge is -2.04. The molecule has 1 aromatic carbocycles. The van der Waals surface area contributed by atoms with Crippen LogP contribution in [0.3, 0.4) is 0 Å². The van der Waals surface area contributed by atoms with Crippen LogP contribution in [0, 0.1) is 0 Å². The average molecular weight is 164 g/mol. The molecule has 0 heterocycles. The maximum absolute atomic E-state index is 10.4. The minimum atomic E-state index is -0.959. The molecule has 1 rings (SSSR count). The molecule has 64 valence electrons. The highest BCUT2D eigenvalue weighted by Gasteiger charge is 2.10. The molecule has 0 aliphatic rings. The van der Waals surface area contributed by atoms with Crippen molar-refractivity contribution in [1.82, 2.24) is 0 Å². The SMILES string of the molecule is N[C@@H](C[11c]1ccccc1)C(=O)O. The summed E-state index contributed by atoms with van der Waals surface area (Å²) in [5, 5.41) is 8.52. The van der Waals surface area contributed by atoms with Crippen molar-refractivity contribution in [3.05, 3.63) is 35.9 Å². The van der Waals surface area contributed by atoms with Crippen molar-refractivity contribution in [2.45, 2.75) is 12.5 Å². The zero-order valence-electron chi connectivity index (χ0n) is 6.60. The van der Waals surface area contributed by atoms with E-state index in [1.165, 1.54) is 0 Å². The van der Waals surface area contributed by atoms with Crippen LogP contribution >= 0.6 is 0 Å². The quantitative estimate of drug-likeness (QED) is 0.689. The maximum Gasteiger partial charge on any atom is 0.320 e. The molecule has 3 nitrogen and oxygen atoms in total. The number of carbonyl (C=O) groups is 1. The van der Waals surface area contributed by atoms with Gasteiger partial charge < -0.3 is 10.8 Å². The van der Waals surface area contributed by atoms with Gasteiger partial charge in [-0.3, -0.25) is 4.79 Å². The van der Waals surface area contributed by atoms with Gasteiger partial charge in [0, 0.05) is 0 Å². The number of hydrogen-bond donors (Lipinski definition) is 2. The Kier molecular flexibility index (Phi) is 2.82. The van der Waals surface area contributed by atoms with Crippen LogP contribution in [-0.4, -0.2) is 17.1 Å². The molecule has 0 aliphatic heterocycles. The standard InChI is InChI=1S/C9H11NO2/c10-8(9(11)12)6-7-4-2-1-3-5-7/h1-5,8H,6,10H2,(H,11,12)/t8-/m0/s1/i7-1. The molecule has 0 fully saturated rings. The van der Waals surface area contributed by atoms with Crippen LogP contribution in [0.15, 0.2) is 30.3 Å². The number of nitrogens with two attached hydrogens (primary N) is 1. The lowest BCUT2D eigenvalue weighted by Crippen LogP contribution is -2.32. The van der Waals surface area contributed by atoms with E-state index < -0.39 is 12.0 Å². The van der Waals surface area contributed by atoms with Gasteiger partial charge in [0.15, 0.2) is 0 Å². The van der Waals surface area contributed by atoms with Gasteiger partial charge in [-0.05, 0) is 12.0 Å². The van der Waals surface area contributed by atoms with E-state index in [1.807, 2.05) is 30.3 Å². The molecule has 3 N–H and O–H groups in total. The first-order valence-corrected chi connectivity index (χ1v) is 3.72. The molecule has 0 amide bonds. The Labute approximate surface area is 70.8 Å². The fourth-order valence-electron chi connectivity index (χ4n) is 0.955. The van der Waals surface area contributed by atoms with E-state index in [0.717, 1.165) is 5.56 Å². The molecule has 0 saturated carbocycles. The third kappa shape index (κ3) is 2.36. The largest absolute Gasteiger partial charge is 0.480 e. The Morgan fingerprint density at radius 1 is 1.42 bits per heavy atom.